The molecule has 7 N–H and O–H groups in total. The van der Waals surface area contributed by atoms with Crippen LogP contribution in [0.5, 0.6) is 0 Å². The third-order valence-electron chi connectivity index (χ3n) is 1.76. The molecule has 15 heavy (non-hydrogen) atoms. The predicted molar refractivity (Wildman–Crippen MR) is 53.5 cm³/mol. The number of hydrogen-bond acceptors (Lipinski definition) is 6. The number of allylic oxidation sites excluding steroid dienone is 2. The zero-order valence-corrected chi connectivity index (χ0v) is 9.05. The lowest BCUT2D eigenvalue weighted by Crippen LogP contribution is -2.64. The minimum Gasteiger partial charge on any atom is -0.356 e. The van der Waals surface area contributed by atoms with Gasteiger partial charge in [-0.1, -0.05) is 0 Å². The van der Waals surface area contributed by atoms with Crippen molar-refractivity contribution >= 4 is 20.0 Å². The lowest BCUT2D eigenvalue weighted by molar-refractivity contribution is 0.523. The fraction of sp³-hybridized carbons (Fsp3) is 0.200. The molecule has 0 bridgehead atoms. The highest BCUT2D eigenvalue weighted by Crippen LogP contribution is 2.22. The summed E-state index contributed by atoms with van der Waals surface area (Å²) in [4.78, 5) is -3.13. The highest BCUT2D eigenvalue weighted by Gasteiger charge is 2.46. The second-order valence-electron chi connectivity index (χ2n) is 2.86. The van der Waals surface area contributed by atoms with Gasteiger partial charge in [-0.15, -0.1) is 0 Å². The van der Waals surface area contributed by atoms with Crippen molar-refractivity contribution in [3.05, 3.63) is 23.3 Å². The van der Waals surface area contributed by atoms with E-state index in [0.29, 0.717) is 0 Å². The zero-order valence-electron chi connectivity index (χ0n) is 7.41. The molecule has 1 atom stereocenters. The lowest BCUT2D eigenvalue weighted by Gasteiger charge is -2.30. The molecule has 1 rings (SSSR count). The van der Waals surface area contributed by atoms with Gasteiger partial charge in [0.25, 0.3) is 10.0 Å². The van der Waals surface area contributed by atoms with Crippen molar-refractivity contribution in [2.75, 3.05) is 0 Å². The zero-order chi connectivity index (χ0) is 11.9. The van der Waals surface area contributed by atoms with Gasteiger partial charge in [0, 0.05) is 0 Å². The fourth-order valence-corrected chi connectivity index (χ4v) is 3.06. The maximum absolute atomic E-state index is 11.2. The molecule has 10 heteroatoms. The molecule has 0 fully saturated rings. The van der Waals surface area contributed by atoms with Gasteiger partial charge in [0.15, 0.2) is 0 Å². The molecule has 1 aliphatic rings. The highest BCUT2D eigenvalue weighted by molar-refractivity contribution is 7.96. The number of nitrogens with two attached hydrogens (primary N) is 3. The van der Waals surface area contributed by atoms with Gasteiger partial charge in [-0.2, -0.15) is 0 Å². The smallest absolute Gasteiger partial charge is 0.252 e. The molecule has 0 radical (unpaired) electrons. The van der Waals surface area contributed by atoms with E-state index in [1.807, 2.05) is 0 Å². The summed E-state index contributed by atoms with van der Waals surface area (Å²) in [5.74, 6) is 0. The first kappa shape index (κ1) is 12.1. The van der Waals surface area contributed by atoms with Crippen molar-refractivity contribution in [2.45, 2.75) is 4.99 Å². The van der Waals surface area contributed by atoms with E-state index in [1.54, 1.807) is 0 Å². The van der Waals surface area contributed by atoms with E-state index < -0.39 is 29.9 Å². The van der Waals surface area contributed by atoms with Crippen molar-refractivity contribution in [1.29, 1.82) is 0 Å². The number of dihydropyridines is 1. The Balaban J connectivity index is 3.48. The second-order valence-corrected chi connectivity index (χ2v) is 6.12. The van der Waals surface area contributed by atoms with Gasteiger partial charge in [0.1, 0.15) is 4.91 Å². The molecule has 8 nitrogen and oxygen atoms in total. The van der Waals surface area contributed by atoms with Crippen LogP contribution in [0.25, 0.3) is 0 Å². The largest absolute Gasteiger partial charge is 0.356 e. The highest BCUT2D eigenvalue weighted by atomic mass is 32.2. The van der Waals surface area contributed by atoms with E-state index in [4.69, 9.17) is 16.0 Å². The van der Waals surface area contributed by atoms with Crippen molar-refractivity contribution in [3.8, 4) is 0 Å². The first-order chi connectivity index (χ1) is 6.59. The van der Waals surface area contributed by atoms with Crippen molar-refractivity contribution in [1.82, 2.24) is 5.32 Å². The molecule has 0 aliphatic carbocycles. The molecule has 1 aliphatic heterocycles. The average molecular weight is 254 g/mol. The van der Waals surface area contributed by atoms with Gasteiger partial charge >= 0.3 is 0 Å². The quantitative estimate of drug-likeness (QED) is 0.416. The Morgan fingerprint density at radius 3 is 2.07 bits per heavy atom. The number of rotatable bonds is 2. The van der Waals surface area contributed by atoms with E-state index >= 15 is 0 Å². The standard InChI is InChI=1S/C5H10N4O4S2/c6-5(15(8,12)13)4(14(7,10)11)2-1-3-9-5/h1-3,9H,6H2,(H2,7,10,11)(H2,8,12,13). The summed E-state index contributed by atoms with van der Waals surface area (Å²) in [6, 6.07) is 0. The Kier molecular flexibility index (Phi) is 2.65. The van der Waals surface area contributed by atoms with Crippen LogP contribution in [0, 0.1) is 0 Å². The Hall–Kier alpha value is -0.940. The fourth-order valence-electron chi connectivity index (χ4n) is 1.03. The second kappa shape index (κ2) is 3.28. The third-order valence-corrected chi connectivity index (χ3v) is 4.20. The van der Waals surface area contributed by atoms with Crippen molar-refractivity contribution in [2.24, 2.45) is 16.0 Å². The van der Waals surface area contributed by atoms with Gasteiger partial charge in [-0.05, 0) is 18.4 Å². The third kappa shape index (κ3) is 2.03. The van der Waals surface area contributed by atoms with Crippen LogP contribution in [-0.2, 0) is 20.0 Å². The number of hydrogen-bond donors (Lipinski definition) is 4. The van der Waals surface area contributed by atoms with Crippen LogP contribution in [0.3, 0.4) is 0 Å². The van der Waals surface area contributed by atoms with Crippen LogP contribution in [-0.4, -0.2) is 21.8 Å². The van der Waals surface area contributed by atoms with Gasteiger partial charge < -0.3 is 5.32 Å². The van der Waals surface area contributed by atoms with Gasteiger partial charge in [0.2, 0.25) is 15.0 Å². The first-order valence-electron chi connectivity index (χ1n) is 3.58. The topological polar surface area (TPSA) is 158 Å². The van der Waals surface area contributed by atoms with E-state index in [-0.39, 0.29) is 0 Å². The van der Waals surface area contributed by atoms with Gasteiger partial charge in [0.05, 0.1) is 0 Å². The summed E-state index contributed by atoms with van der Waals surface area (Å²) in [6.45, 7) is 0. The number of nitrogens with one attached hydrogen (secondary N) is 1. The van der Waals surface area contributed by atoms with Crippen LogP contribution in [0.1, 0.15) is 0 Å². The van der Waals surface area contributed by atoms with Crippen LogP contribution >= 0.6 is 0 Å². The SMILES string of the molecule is NC1(S(N)(=O)=O)NC=CC=C1S(N)(=O)=O. The Bertz CT molecular complexity index is 531. The molecule has 1 heterocycles. The van der Waals surface area contributed by atoms with E-state index in [9.17, 15) is 16.8 Å². The number of primary sulfonamides is 2. The van der Waals surface area contributed by atoms with E-state index in [2.05, 4.69) is 5.32 Å². The summed E-state index contributed by atoms with van der Waals surface area (Å²) in [5.41, 5.74) is 5.36. The van der Waals surface area contributed by atoms with Crippen LogP contribution in [0.15, 0.2) is 23.3 Å². The maximum Gasteiger partial charge on any atom is 0.252 e. The molecule has 0 spiro atoms. The summed E-state index contributed by atoms with van der Waals surface area (Å²) in [5, 5.41) is 11.8. The molecular formula is C5H10N4O4S2. The molecule has 86 valence electrons. The normalized spacial score (nSPS) is 27.0. The average Bonchev–Trinajstić information content (AvgIpc) is 2.00. The summed E-state index contributed by atoms with van der Waals surface area (Å²) in [6.07, 6.45) is 3.37. The minimum absolute atomic E-state index is 0.708. The minimum atomic E-state index is -4.37. The molecule has 0 amide bonds. The van der Waals surface area contributed by atoms with Crippen molar-refractivity contribution in [3.63, 3.8) is 0 Å². The van der Waals surface area contributed by atoms with Gasteiger partial charge in [-0.3, -0.25) is 5.73 Å². The Labute approximate surface area is 86.9 Å². The van der Waals surface area contributed by atoms with Crippen molar-refractivity contribution < 1.29 is 16.8 Å². The maximum atomic E-state index is 11.2. The molecule has 0 aromatic heterocycles. The molecule has 0 aromatic rings. The summed E-state index contributed by atoms with van der Waals surface area (Å²) < 4.78 is 44.5. The van der Waals surface area contributed by atoms with E-state index in [0.717, 1.165) is 12.3 Å². The Morgan fingerprint density at radius 2 is 1.73 bits per heavy atom. The van der Waals surface area contributed by atoms with Crippen LogP contribution in [0.4, 0.5) is 0 Å². The molecule has 0 saturated carbocycles. The first-order valence-corrected chi connectivity index (χ1v) is 6.67. The predicted octanol–water partition coefficient (Wildman–Crippen LogP) is -2.82. The van der Waals surface area contributed by atoms with Crippen LogP contribution in [0.2, 0.25) is 0 Å². The van der Waals surface area contributed by atoms with Gasteiger partial charge in [-0.25, -0.2) is 27.1 Å². The lowest BCUT2D eigenvalue weighted by atomic mass is 10.3. The van der Waals surface area contributed by atoms with Crippen LogP contribution < -0.4 is 21.3 Å². The van der Waals surface area contributed by atoms with E-state index in [1.165, 1.54) is 6.08 Å². The number of sulfonamides is 2. The molecular weight excluding hydrogens is 244 g/mol. The molecule has 0 aromatic carbocycles. The monoisotopic (exact) mass is 254 g/mol. The molecule has 1 unspecified atom stereocenters. The summed E-state index contributed by atoms with van der Waals surface area (Å²) >= 11 is 0. The summed E-state index contributed by atoms with van der Waals surface area (Å²) in [7, 11) is -8.62. The molecule has 0 saturated heterocycles. The Morgan fingerprint density at radius 1 is 1.20 bits per heavy atom.